The number of thiazole rings is 1. The van der Waals surface area contributed by atoms with E-state index in [4.69, 9.17) is 0 Å². The van der Waals surface area contributed by atoms with E-state index in [0.717, 1.165) is 41.0 Å². The molecule has 3 amide bonds. The maximum absolute atomic E-state index is 13.8. The summed E-state index contributed by atoms with van der Waals surface area (Å²) in [5.74, 6) is -0.844. The third-order valence-corrected chi connectivity index (χ3v) is 9.24. The highest BCUT2D eigenvalue weighted by molar-refractivity contribution is 7.13. The van der Waals surface area contributed by atoms with Crippen LogP contribution in [0.2, 0.25) is 0 Å². The van der Waals surface area contributed by atoms with Gasteiger partial charge in [-0.05, 0) is 60.3 Å². The van der Waals surface area contributed by atoms with Gasteiger partial charge < -0.3 is 20.6 Å². The van der Waals surface area contributed by atoms with Gasteiger partial charge in [-0.15, -0.1) is 11.3 Å². The summed E-state index contributed by atoms with van der Waals surface area (Å²) in [7, 11) is 0. The van der Waals surface area contributed by atoms with Crippen LogP contribution < -0.4 is 10.6 Å². The molecule has 0 radical (unpaired) electrons. The first-order chi connectivity index (χ1) is 21.0. The Morgan fingerprint density at radius 1 is 1.02 bits per heavy atom. The number of likely N-dealkylation sites (tertiary alicyclic amines) is 1. The highest BCUT2D eigenvalue weighted by Gasteiger charge is 2.44. The van der Waals surface area contributed by atoms with Crippen LogP contribution in [0.5, 0.6) is 0 Å². The number of nitrogens with zero attached hydrogens (tertiary/aromatic N) is 2. The summed E-state index contributed by atoms with van der Waals surface area (Å²) in [5.41, 5.74) is 6.80. The molecule has 4 rings (SSSR count). The molecule has 236 valence electrons. The van der Waals surface area contributed by atoms with Gasteiger partial charge in [-0.2, -0.15) is 0 Å². The van der Waals surface area contributed by atoms with Crippen molar-refractivity contribution in [3.8, 4) is 10.4 Å². The van der Waals surface area contributed by atoms with Crippen LogP contribution in [-0.2, 0) is 33.8 Å². The molecular weight excluding hydrogens is 572 g/mol. The number of carbonyl (C=O) groups excluding carboxylic acids is 3. The van der Waals surface area contributed by atoms with Crippen LogP contribution in [0.25, 0.3) is 10.4 Å². The molecule has 3 aromatic rings. The number of aromatic nitrogens is 1. The number of hydrogen-bond donors (Lipinski definition) is 3. The second-order valence-corrected chi connectivity index (χ2v) is 13.7. The zero-order valence-electron chi connectivity index (χ0n) is 26.6. The molecule has 1 saturated heterocycles. The Kier molecular flexibility index (Phi) is 11.3. The van der Waals surface area contributed by atoms with Crippen molar-refractivity contribution in [2.45, 2.75) is 97.9 Å². The molecule has 0 spiro atoms. The zero-order chi connectivity index (χ0) is 31.9. The van der Waals surface area contributed by atoms with Gasteiger partial charge >= 0.3 is 0 Å². The Balaban J connectivity index is 1.31. The second-order valence-electron chi connectivity index (χ2n) is 12.8. The number of carbonyl (C=O) groups is 3. The first-order valence-corrected chi connectivity index (χ1v) is 16.5. The van der Waals surface area contributed by atoms with Crippen molar-refractivity contribution in [3.05, 3.63) is 76.4 Å². The molecule has 2 aromatic carbocycles. The topological polar surface area (TPSA) is 112 Å². The minimum atomic E-state index is -0.820. The lowest BCUT2D eigenvalue weighted by molar-refractivity contribution is -0.144. The SMILES string of the molecule is CCc1ccc(CCCCC(=O)NC(C(=O)N2C[C@H](O)C[C@H]2C(=O)NCc2ccc(-c3scnc3C)cc2)C(C)(C)C)cc1. The summed E-state index contributed by atoms with van der Waals surface area (Å²) in [6, 6.07) is 14.9. The van der Waals surface area contributed by atoms with E-state index in [-0.39, 0.29) is 30.7 Å². The number of aryl methyl sites for hydroxylation is 3. The first-order valence-electron chi connectivity index (χ1n) is 15.6. The molecule has 2 heterocycles. The molecule has 1 aliphatic rings. The van der Waals surface area contributed by atoms with E-state index in [1.54, 1.807) is 11.3 Å². The Morgan fingerprint density at radius 3 is 2.30 bits per heavy atom. The van der Waals surface area contributed by atoms with E-state index in [1.807, 2.05) is 57.5 Å². The maximum atomic E-state index is 13.8. The minimum absolute atomic E-state index is 0.0547. The van der Waals surface area contributed by atoms with Gasteiger partial charge in [-0.1, -0.05) is 76.2 Å². The Labute approximate surface area is 265 Å². The van der Waals surface area contributed by atoms with Crippen molar-refractivity contribution in [1.82, 2.24) is 20.5 Å². The molecule has 8 nitrogen and oxygen atoms in total. The van der Waals surface area contributed by atoms with Crippen LogP contribution in [0.4, 0.5) is 0 Å². The number of hydrogen-bond acceptors (Lipinski definition) is 6. The van der Waals surface area contributed by atoms with Crippen molar-refractivity contribution < 1.29 is 19.5 Å². The lowest BCUT2D eigenvalue weighted by Crippen LogP contribution is -2.57. The Morgan fingerprint density at radius 2 is 1.68 bits per heavy atom. The fourth-order valence-corrected chi connectivity index (χ4v) is 6.38. The minimum Gasteiger partial charge on any atom is -0.391 e. The molecular formula is C35H46N4O4S. The zero-order valence-corrected chi connectivity index (χ0v) is 27.4. The van der Waals surface area contributed by atoms with Gasteiger partial charge in [0.05, 0.1) is 22.2 Å². The second kappa shape index (κ2) is 14.9. The molecule has 1 aromatic heterocycles. The molecule has 1 unspecified atom stereocenters. The van der Waals surface area contributed by atoms with Crippen molar-refractivity contribution in [2.75, 3.05) is 6.54 Å². The van der Waals surface area contributed by atoms with Gasteiger partial charge in [0, 0.05) is 25.9 Å². The van der Waals surface area contributed by atoms with Crippen molar-refractivity contribution >= 4 is 29.1 Å². The molecule has 3 N–H and O–H groups in total. The van der Waals surface area contributed by atoms with Crippen LogP contribution in [0.15, 0.2) is 54.0 Å². The molecule has 9 heteroatoms. The fraction of sp³-hybridized carbons (Fsp3) is 0.486. The Hall–Kier alpha value is -3.56. The number of unbranched alkanes of at least 4 members (excludes halogenated alkanes) is 1. The van der Waals surface area contributed by atoms with Crippen LogP contribution in [0, 0.1) is 12.3 Å². The number of rotatable bonds is 12. The molecule has 3 atom stereocenters. The molecule has 1 fully saturated rings. The van der Waals surface area contributed by atoms with Gasteiger partial charge in [0.15, 0.2) is 0 Å². The van der Waals surface area contributed by atoms with Gasteiger partial charge in [-0.25, -0.2) is 4.98 Å². The van der Waals surface area contributed by atoms with Gasteiger partial charge in [0.1, 0.15) is 12.1 Å². The third kappa shape index (κ3) is 8.76. The van der Waals surface area contributed by atoms with Crippen LogP contribution >= 0.6 is 11.3 Å². The highest BCUT2D eigenvalue weighted by atomic mass is 32.1. The predicted octanol–water partition coefficient (Wildman–Crippen LogP) is 5.20. The number of β-amino-alcohol motifs (C(OH)–C–C–N with tert-alkyl or cyclic N) is 1. The van der Waals surface area contributed by atoms with Gasteiger partial charge in [0.2, 0.25) is 17.7 Å². The number of amides is 3. The Bertz CT molecular complexity index is 1410. The molecule has 44 heavy (non-hydrogen) atoms. The summed E-state index contributed by atoms with van der Waals surface area (Å²) in [5, 5.41) is 16.4. The largest absolute Gasteiger partial charge is 0.391 e. The average molecular weight is 619 g/mol. The maximum Gasteiger partial charge on any atom is 0.246 e. The predicted molar refractivity (Wildman–Crippen MR) is 175 cm³/mol. The van der Waals surface area contributed by atoms with E-state index >= 15 is 0 Å². The smallest absolute Gasteiger partial charge is 0.246 e. The average Bonchev–Trinajstić information content (AvgIpc) is 3.61. The quantitative estimate of drug-likeness (QED) is 0.242. The van der Waals surface area contributed by atoms with Gasteiger partial charge in [-0.3, -0.25) is 14.4 Å². The third-order valence-electron chi connectivity index (χ3n) is 8.26. The summed E-state index contributed by atoms with van der Waals surface area (Å²) >= 11 is 1.59. The summed E-state index contributed by atoms with van der Waals surface area (Å²) in [6.45, 7) is 10.2. The van der Waals surface area contributed by atoms with Crippen LogP contribution in [-0.4, -0.2) is 57.4 Å². The van der Waals surface area contributed by atoms with E-state index in [0.29, 0.717) is 19.4 Å². The summed E-state index contributed by atoms with van der Waals surface area (Å²) < 4.78 is 0. The lowest BCUT2D eigenvalue weighted by atomic mass is 9.85. The molecule has 0 aliphatic carbocycles. The molecule has 1 aliphatic heterocycles. The standard InChI is InChI=1S/C35H46N4O4S/c1-6-24-11-13-25(14-12-24)9-7-8-10-30(41)38-32(35(3,4)5)34(43)39-21-28(40)19-29(39)33(42)36-20-26-15-17-27(18-16-26)31-23(2)37-22-44-31/h11-18,22,28-29,32,40H,6-10,19-21H2,1-5H3,(H,36,42)(H,38,41)/t28-,29+,32?/m1/s1. The highest BCUT2D eigenvalue weighted by Crippen LogP contribution is 2.28. The molecule has 0 bridgehead atoms. The van der Waals surface area contributed by atoms with Crippen LogP contribution in [0.3, 0.4) is 0 Å². The van der Waals surface area contributed by atoms with Crippen molar-refractivity contribution in [2.24, 2.45) is 5.41 Å². The van der Waals surface area contributed by atoms with Gasteiger partial charge in [0.25, 0.3) is 0 Å². The number of aliphatic hydroxyl groups excluding tert-OH is 1. The normalized spacial score (nSPS) is 17.4. The first kappa shape index (κ1) is 33.3. The van der Waals surface area contributed by atoms with E-state index in [9.17, 15) is 19.5 Å². The van der Waals surface area contributed by atoms with Crippen molar-refractivity contribution in [3.63, 3.8) is 0 Å². The summed E-state index contributed by atoms with van der Waals surface area (Å²) in [6.07, 6.45) is 3.17. The van der Waals surface area contributed by atoms with Crippen molar-refractivity contribution in [1.29, 1.82) is 0 Å². The lowest BCUT2D eigenvalue weighted by Gasteiger charge is -2.35. The number of benzene rings is 2. The monoisotopic (exact) mass is 618 g/mol. The number of nitrogens with one attached hydrogen (secondary N) is 2. The van der Waals surface area contributed by atoms with E-state index < -0.39 is 23.6 Å². The number of aliphatic hydroxyl groups is 1. The molecule has 0 saturated carbocycles. The fourth-order valence-electron chi connectivity index (χ4n) is 5.57. The summed E-state index contributed by atoms with van der Waals surface area (Å²) in [4.78, 5) is 46.9. The van der Waals surface area contributed by atoms with E-state index in [1.165, 1.54) is 16.0 Å². The van der Waals surface area contributed by atoms with Crippen LogP contribution in [0.1, 0.15) is 75.8 Å². The van der Waals surface area contributed by atoms with E-state index in [2.05, 4.69) is 46.8 Å².